The van der Waals surface area contributed by atoms with Gasteiger partial charge in [-0.2, -0.15) is 0 Å². The molecule has 7 heteroatoms. The van der Waals surface area contributed by atoms with Crippen LogP contribution in [-0.4, -0.2) is 73.5 Å². The molecule has 0 aliphatic carbocycles. The summed E-state index contributed by atoms with van der Waals surface area (Å²) in [4.78, 5) is 21.5. The molecule has 2 unspecified atom stereocenters. The van der Waals surface area contributed by atoms with Crippen LogP contribution in [0, 0.1) is 11.8 Å². The Morgan fingerprint density at radius 2 is 1.85 bits per heavy atom. The number of guanidine groups is 1. The van der Waals surface area contributed by atoms with E-state index in [1.165, 1.54) is 32.4 Å². The number of halogens is 1. The Morgan fingerprint density at radius 1 is 1.15 bits per heavy atom. The first-order valence-corrected chi connectivity index (χ1v) is 10.6. The number of amides is 1. The monoisotopic (exact) mass is 493 g/mol. The van der Waals surface area contributed by atoms with Crippen LogP contribution in [-0.2, 0) is 4.79 Å². The van der Waals surface area contributed by atoms with E-state index in [9.17, 15) is 4.79 Å². The van der Waals surface area contributed by atoms with Gasteiger partial charge in [0.15, 0.2) is 5.96 Å². The van der Waals surface area contributed by atoms with Crippen molar-refractivity contribution < 1.29 is 4.79 Å². The molecule has 2 atom stereocenters. The Labute approximate surface area is 182 Å². The zero-order valence-corrected chi connectivity index (χ0v) is 20.0. The Bertz CT molecular complexity index is 465. The van der Waals surface area contributed by atoms with Crippen molar-refractivity contribution in [1.29, 1.82) is 0 Å². The zero-order valence-electron chi connectivity index (χ0n) is 17.7. The predicted molar refractivity (Wildman–Crippen MR) is 124 cm³/mol. The minimum absolute atomic E-state index is 0. The summed E-state index contributed by atoms with van der Waals surface area (Å²) < 4.78 is 0. The van der Waals surface area contributed by atoms with Crippen molar-refractivity contribution >= 4 is 35.8 Å². The lowest BCUT2D eigenvalue weighted by Crippen LogP contribution is -2.45. The van der Waals surface area contributed by atoms with Gasteiger partial charge in [-0.25, -0.2) is 0 Å². The Balaban J connectivity index is 0.00000364. The largest absolute Gasteiger partial charge is 0.357 e. The van der Waals surface area contributed by atoms with E-state index in [0.29, 0.717) is 12.0 Å². The van der Waals surface area contributed by atoms with Gasteiger partial charge in [-0.3, -0.25) is 9.79 Å². The van der Waals surface area contributed by atoms with E-state index < -0.39 is 0 Å². The summed E-state index contributed by atoms with van der Waals surface area (Å²) in [6.07, 6.45) is 5.06. The van der Waals surface area contributed by atoms with Gasteiger partial charge < -0.3 is 20.4 Å². The maximum atomic E-state index is 12.2. The van der Waals surface area contributed by atoms with Crippen LogP contribution in [0.1, 0.15) is 53.4 Å². The molecule has 0 spiro atoms. The smallest absolute Gasteiger partial charge is 0.225 e. The molecule has 0 aromatic rings. The Kier molecular flexibility index (Phi) is 11.6. The number of rotatable bonds is 7. The molecule has 2 aliphatic heterocycles. The molecule has 158 valence electrons. The molecule has 2 heterocycles. The first-order valence-electron chi connectivity index (χ1n) is 10.6. The third kappa shape index (κ3) is 8.54. The van der Waals surface area contributed by atoms with Crippen molar-refractivity contribution in [3.63, 3.8) is 0 Å². The maximum absolute atomic E-state index is 12.2. The van der Waals surface area contributed by atoms with Gasteiger partial charge in [0.1, 0.15) is 0 Å². The molecule has 0 aromatic heterocycles. The van der Waals surface area contributed by atoms with Gasteiger partial charge in [0.2, 0.25) is 5.91 Å². The molecule has 0 bridgehead atoms. The Hall–Kier alpha value is -0.570. The average molecular weight is 493 g/mol. The molecule has 1 amide bonds. The van der Waals surface area contributed by atoms with Crippen LogP contribution >= 0.6 is 24.0 Å². The van der Waals surface area contributed by atoms with Gasteiger partial charge in [0.05, 0.1) is 0 Å². The van der Waals surface area contributed by atoms with Gasteiger partial charge in [-0.05, 0) is 45.2 Å². The summed E-state index contributed by atoms with van der Waals surface area (Å²) in [5, 5.41) is 6.89. The number of hydrogen-bond acceptors (Lipinski definition) is 3. The van der Waals surface area contributed by atoms with Crippen LogP contribution in [0.5, 0.6) is 0 Å². The highest BCUT2D eigenvalue weighted by molar-refractivity contribution is 14.0. The van der Waals surface area contributed by atoms with Crippen LogP contribution in [0.2, 0.25) is 0 Å². The topological polar surface area (TPSA) is 60.0 Å². The van der Waals surface area contributed by atoms with E-state index in [1.807, 2.05) is 18.7 Å². The van der Waals surface area contributed by atoms with E-state index in [2.05, 4.69) is 29.4 Å². The molecule has 2 saturated heterocycles. The van der Waals surface area contributed by atoms with Crippen LogP contribution in [0.3, 0.4) is 0 Å². The number of hydrogen-bond donors (Lipinski definition) is 2. The van der Waals surface area contributed by atoms with Gasteiger partial charge in [-0.1, -0.05) is 27.2 Å². The molecule has 0 radical (unpaired) electrons. The molecular weight excluding hydrogens is 453 g/mol. The third-order valence-electron chi connectivity index (χ3n) is 5.26. The average Bonchev–Trinajstić information content (AvgIpc) is 3.08. The standard InChI is InChI=1S/C20H39N5O.HI/c1-5-21-20(22-13-17(4)14-24-10-7-6-8-11-24)23-18-9-12-25(15-18)19(26)16(2)3;/h16-18H,5-15H2,1-4H3,(H2,21,22,23);1H. The highest BCUT2D eigenvalue weighted by Gasteiger charge is 2.28. The quantitative estimate of drug-likeness (QED) is 0.325. The summed E-state index contributed by atoms with van der Waals surface area (Å²) in [5.41, 5.74) is 0. The molecule has 2 rings (SSSR count). The molecule has 0 aromatic carbocycles. The molecular formula is C20H40IN5O. The minimum atomic E-state index is 0. The van der Waals surface area contributed by atoms with Crippen molar-refractivity contribution in [1.82, 2.24) is 20.4 Å². The highest BCUT2D eigenvalue weighted by atomic mass is 127. The molecule has 2 aliphatic rings. The Morgan fingerprint density at radius 3 is 2.48 bits per heavy atom. The molecule has 6 nitrogen and oxygen atoms in total. The number of likely N-dealkylation sites (tertiary alicyclic amines) is 2. The predicted octanol–water partition coefficient (Wildman–Crippen LogP) is 2.54. The third-order valence-corrected chi connectivity index (χ3v) is 5.26. The van der Waals surface area contributed by atoms with Crippen LogP contribution in [0.15, 0.2) is 4.99 Å². The summed E-state index contributed by atoms with van der Waals surface area (Å²) in [6.45, 7) is 15.3. The van der Waals surface area contributed by atoms with E-state index in [4.69, 9.17) is 4.99 Å². The van der Waals surface area contributed by atoms with Gasteiger partial charge in [0, 0.05) is 44.7 Å². The lowest BCUT2D eigenvalue weighted by Gasteiger charge is -2.28. The number of carbonyl (C=O) groups excluding carboxylic acids is 1. The number of nitrogens with zero attached hydrogens (tertiary/aromatic N) is 3. The van der Waals surface area contributed by atoms with E-state index in [1.54, 1.807) is 0 Å². The highest BCUT2D eigenvalue weighted by Crippen LogP contribution is 2.13. The van der Waals surface area contributed by atoms with Crippen molar-refractivity contribution in [3.8, 4) is 0 Å². The van der Waals surface area contributed by atoms with Crippen molar-refractivity contribution in [2.75, 3.05) is 45.8 Å². The number of carbonyl (C=O) groups is 1. The van der Waals surface area contributed by atoms with Crippen LogP contribution in [0.25, 0.3) is 0 Å². The summed E-state index contributed by atoms with van der Waals surface area (Å²) in [7, 11) is 0. The number of nitrogens with one attached hydrogen (secondary N) is 2. The molecule has 0 saturated carbocycles. The minimum Gasteiger partial charge on any atom is -0.357 e. The lowest BCUT2D eigenvalue weighted by molar-refractivity contribution is -0.133. The fourth-order valence-electron chi connectivity index (χ4n) is 3.84. The summed E-state index contributed by atoms with van der Waals surface area (Å²) >= 11 is 0. The van der Waals surface area contributed by atoms with Crippen LogP contribution < -0.4 is 10.6 Å². The van der Waals surface area contributed by atoms with E-state index >= 15 is 0 Å². The van der Waals surface area contributed by atoms with Crippen LogP contribution in [0.4, 0.5) is 0 Å². The number of piperidine rings is 1. The van der Waals surface area contributed by atoms with Crippen molar-refractivity contribution in [2.24, 2.45) is 16.8 Å². The second kappa shape index (κ2) is 12.8. The lowest BCUT2D eigenvalue weighted by atomic mass is 10.1. The molecule has 2 N–H and O–H groups in total. The van der Waals surface area contributed by atoms with Gasteiger partial charge in [-0.15, -0.1) is 24.0 Å². The molecule has 27 heavy (non-hydrogen) atoms. The second-order valence-electron chi connectivity index (χ2n) is 8.25. The second-order valence-corrected chi connectivity index (χ2v) is 8.25. The molecule has 2 fully saturated rings. The van der Waals surface area contributed by atoms with Crippen molar-refractivity contribution in [2.45, 2.75) is 59.4 Å². The zero-order chi connectivity index (χ0) is 18.9. The van der Waals surface area contributed by atoms with Gasteiger partial charge in [0.25, 0.3) is 0 Å². The summed E-state index contributed by atoms with van der Waals surface area (Å²) in [6, 6.07) is 0.299. The fourth-order valence-corrected chi connectivity index (χ4v) is 3.84. The number of aliphatic imine (C=N–C) groups is 1. The SMILES string of the molecule is CCNC(=NCC(C)CN1CCCCC1)NC1CCN(C(=O)C(C)C)C1.I. The summed E-state index contributed by atoms with van der Waals surface area (Å²) in [5.74, 6) is 1.78. The fraction of sp³-hybridized carbons (Fsp3) is 0.900. The first-order chi connectivity index (χ1) is 12.5. The van der Waals surface area contributed by atoms with Crippen molar-refractivity contribution in [3.05, 3.63) is 0 Å². The van der Waals surface area contributed by atoms with Gasteiger partial charge >= 0.3 is 0 Å². The van der Waals surface area contributed by atoms with E-state index in [0.717, 1.165) is 45.1 Å². The maximum Gasteiger partial charge on any atom is 0.225 e. The van der Waals surface area contributed by atoms with E-state index in [-0.39, 0.29) is 35.8 Å². The normalized spacial score (nSPS) is 22.5. The first kappa shape index (κ1) is 24.5.